The summed E-state index contributed by atoms with van der Waals surface area (Å²) in [6, 6.07) is 21.4. The standard InChI is InChI=1S/C26H25ClN2O3/c1-29-15-19-5-3-4-6-21(19)23(16-29)18-9-7-17(8-10-18)13-25(30)28-24-14-20(27)11-12-22(24)26(31)32-2/h3-12,14,23H,13,15-16H2,1-2H3,(H,28,30). The molecular formula is C26H25ClN2O3. The van der Waals surface area contributed by atoms with Crippen molar-refractivity contribution in [2.24, 2.45) is 0 Å². The Hall–Kier alpha value is -3.15. The van der Waals surface area contributed by atoms with Crippen LogP contribution in [-0.2, 0) is 22.5 Å². The Labute approximate surface area is 193 Å². The van der Waals surface area contributed by atoms with Crippen LogP contribution in [0.2, 0.25) is 5.02 Å². The van der Waals surface area contributed by atoms with Gasteiger partial charge in [0.2, 0.25) is 5.91 Å². The molecule has 1 aliphatic heterocycles. The second-order valence-electron chi connectivity index (χ2n) is 8.10. The van der Waals surface area contributed by atoms with Crippen molar-refractivity contribution in [1.82, 2.24) is 4.90 Å². The summed E-state index contributed by atoms with van der Waals surface area (Å²) >= 11 is 6.04. The number of nitrogens with zero attached hydrogens (tertiary/aromatic N) is 1. The maximum absolute atomic E-state index is 12.6. The molecule has 0 aromatic heterocycles. The number of carbonyl (C=O) groups is 2. The molecule has 1 atom stereocenters. The van der Waals surface area contributed by atoms with E-state index in [2.05, 4.69) is 53.7 Å². The van der Waals surface area contributed by atoms with E-state index in [1.807, 2.05) is 12.1 Å². The molecule has 6 heteroatoms. The van der Waals surface area contributed by atoms with Crippen molar-refractivity contribution >= 4 is 29.2 Å². The molecule has 1 amide bonds. The van der Waals surface area contributed by atoms with Gasteiger partial charge in [-0.15, -0.1) is 0 Å². The number of amides is 1. The number of methoxy groups -OCH3 is 1. The molecule has 0 aliphatic carbocycles. The van der Waals surface area contributed by atoms with E-state index in [0.29, 0.717) is 16.6 Å². The van der Waals surface area contributed by atoms with Crippen molar-refractivity contribution in [1.29, 1.82) is 0 Å². The highest BCUT2D eigenvalue weighted by Crippen LogP contribution is 2.33. The highest BCUT2D eigenvalue weighted by molar-refractivity contribution is 6.31. The summed E-state index contributed by atoms with van der Waals surface area (Å²) < 4.78 is 4.78. The maximum atomic E-state index is 12.6. The summed E-state index contributed by atoms with van der Waals surface area (Å²) in [5.74, 6) is -0.450. The van der Waals surface area contributed by atoms with Crippen LogP contribution in [0.5, 0.6) is 0 Å². The Morgan fingerprint density at radius 1 is 1.09 bits per heavy atom. The summed E-state index contributed by atoms with van der Waals surface area (Å²) in [7, 11) is 3.44. The monoisotopic (exact) mass is 448 g/mol. The second-order valence-corrected chi connectivity index (χ2v) is 8.53. The minimum atomic E-state index is -0.529. The Balaban J connectivity index is 1.48. The van der Waals surface area contributed by atoms with E-state index < -0.39 is 5.97 Å². The van der Waals surface area contributed by atoms with Gasteiger partial charge in [-0.3, -0.25) is 4.79 Å². The zero-order chi connectivity index (χ0) is 22.7. The van der Waals surface area contributed by atoms with E-state index in [1.165, 1.54) is 29.9 Å². The van der Waals surface area contributed by atoms with Gasteiger partial charge in [-0.2, -0.15) is 0 Å². The predicted octanol–water partition coefficient (Wildman–Crippen LogP) is 4.89. The normalized spacial score (nSPS) is 15.7. The number of likely N-dealkylation sites (N-methyl/N-ethyl adjacent to an activating group) is 1. The first-order valence-electron chi connectivity index (χ1n) is 10.5. The third-order valence-electron chi connectivity index (χ3n) is 5.77. The molecular weight excluding hydrogens is 424 g/mol. The molecule has 32 heavy (non-hydrogen) atoms. The Kier molecular flexibility index (Phi) is 6.58. The number of hydrogen-bond acceptors (Lipinski definition) is 4. The van der Waals surface area contributed by atoms with Crippen molar-refractivity contribution in [3.63, 3.8) is 0 Å². The average Bonchev–Trinajstić information content (AvgIpc) is 2.78. The van der Waals surface area contributed by atoms with E-state index in [1.54, 1.807) is 12.1 Å². The van der Waals surface area contributed by atoms with E-state index >= 15 is 0 Å². The smallest absolute Gasteiger partial charge is 0.339 e. The van der Waals surface area contributed by atoms with Crippen molar-refractivity contribution in [3.8, 4) is 0 Å². The van der Waals surface area contributed by atoms with Gasteiger partial charge >= 0.3 is 5.97 Å². The molecule has 0 fully saturated rings. The molecule has 1 heterocycles. The second kappa shape index (κ2) is 9.55. The topological polar surface area (TPSA) is 58.6 Å². The van der Waals surface area contributed by atoms with Gasteiger partial charge in [-0.25, -0.2) is 4.79 Å². The lowest BCUT2D eigenvalue weighted by Crippen LogP contribution is -2.30. The van der Waals surface area contributed by atoms with Crippen LogP contribution < -0.4 is 5.32 Å². The number of carbonyl (C=O) groups excluding carboxylic acids is 2. The number of nitrogens with one attached hydrogen (secondary N) is 1. The number of ether oxygens (including phenoxy) is 1. The first-order valence-corrected chi connectivity index (χ1v) is 10.9. The van der Waals surface area contributed by atoms with Crippen LogP contribution in [0, 0.1) is 0 Å². The zero-order valence-corrected chi connectivity index (χ0v) is 18.9. The highest BCUT2D eigenvalue weighted by atomic mass is 35.5. The lowest BCUT2D eigenvalue weighted by Gasteiger charge is -2.32. The SMILES string of the molecule is COC(=O)c1ccc(Cl)cc1NC(=O)Cc1ccc(C2CN(C)Cc3ccccc32)cc1. The first kappa shape index (κ1) is 22.1. The van der Waals surface area contributed by atoms with Crippen LogP contribution in [0.25, 0.3) is 0 Å². The molecule has 0 saturated carbocycles. The molecule has 1 aliphatic rings. The van der Waals surface area contributed by atoms with Gasteiger partial charge in [0, 0.05) is 24.0 Å². The number of hydrogen-bond donors (Lipinski definition) is 1. The Morgan fingerprint density at radius 2 is 1.84 bits per heavy atom. The van der Waals surface area contributed by atoms with Crippen molar-refractivity contribution in [2.75, 3.05) is 26.0 Å². The third-order valence-corrected chi connectivity index (χ3v) is 6.01. The van der Waals surface area contributed by atoms with Crippen molar-refractivity contribution in [3.05, 3.63) is 99.6 Å². The molecule has 3 aromatic rings. The maximum Gasteiger partial charge on any atom is 0.339 e. The van der Waals surface area contributed by atoms with Gasteiger partial charge in [-0.05, 0) is 47.5 Å². The van der Waals surface area contributed by atoms with Gasteiger partial charge in [0.15, 0.2) is 0 Å². The van der Waals surface area contributed by atoms with Gasteiger partial charge in [-0.1, -0.05) is 60.1 Å². The van der Waals surface area contributed by atoms with E-state index in [9.17, 15) is 9.59 Å². The Morgan fingerprint density at radius 3 is 2.59 bits per heavy atom. The molecule has 3 aromatic carbocycles. The molecule has 164 valence electrons. The lowest BCUT2D eigenvalue weighted by atomic mass is 9.84. The van der Waals surface area contributed by atoms with Crippen LogP contribution in [0.4, 0.5) is 5.69 Å². The molecule has 0 spiro atoms. The van der Waals surface area contributed by atoms with E-state index in [0.717, 1.165) is 18.7 Å². The van der Waals surface area contributed by atoms with Crippen LogP contribution in [-0.4, -0.2) is 37.5 Å². The van der Waals surface area contributed by atoms with Gasteiger partial charge in [0.1, 0.15) is 0 Å². The molecule has 1 N–H and O–H groups in total. The molecule has 0 radical (unpaired) electrons. The fourth-order valence-corrected chi connectivity index (χ4v) is 4.40. The fraction of sp³-hybridized carbons (Fsp3) is 0.231. The predicted molar refractivity (Wildman–Crippen MR) is 126 cm³/mol. The minimum absolute atomic E-state index is 0.189. The van der Waals surface area contributed by atoms with E-state index in [-0.39, 0.29) is 17.9 Å². The van der Waals surface area contributed by atoms with Crippen LogP contribution in [0.3, 0.4) is 0 Å². The molecule has 0 bridgehead atoms. The van der Waals surface area contributed by atoms with Crippen LogP contribution in [0.1, 0.15) is 38.5 Å². The van der Waals surface area contributed by atoms with Gasteiger partial charge in [0.05, 0.1) is 24.8 Å². The highest BCUT2D eigenvalue weighted by Gasteiger charge is 2.24. The number of benzene rings is 3. The number of rotatable bonds is 5. The average molecular weight is 449 g/mol. The summed E-state index contributed by atoms with van der Waals surface area (Å²) in [5.41, 5.74) is 5.46. The van der Waals surface area contributed by atoms with E-state index in [4.69, 9.17) is 16.3 Å². The molecule has 1 unspecified atom stereocenters. The summed E-state index contributed by atoms with van der Waals surface area (Å²) in [6.45, 7) is 1.92. The quantitative estimate of drug-likeness (QED) is 0.565. The van der Waals surface area contributed by atoms with Gasteiger partial charge < -0.3 is 15.0 Å². The van der Waals surface area contributed by atoms with Crippen LogP contribution >= 0.6 is 11.6 Å². The fourth-order valence-electron chi connectivity index (χ4n) is 4.22. The number of esters is 1. The molecule has 5 nitrogen and oxygen atoms in total. The van der Waals surface area contributed by atoms with Crippen molar-refractivity contribution < 1.29 is 14.3 Å². The summed E-state index contributed by atoms with van der Waals surface area (Å²) in [5, 5.41) is 3.21. The lowest BCUT2D eigenvalue weighted by molar-refractivity contribution is -0.115. The minimum Gasteiger partial charge on any atom is -0.465 e. The molecule has 4 rings (SSSR count). The molecule has 0 saturated heterocycles. The summed E-state index contributed by atoms with van der Waals surface area (Å²) in [6.07, 6.45) is 0.189. The first-order chi connectivity index (χ1) is 15.4. The largest absolute Gasteiger partial charge is 0.465 e. The zero-order valence-electron chi connectivity index (χ0n) is 18.1. The van der Waals surface area contributed by atoms with Gasteiger partial charge in [0.25, 0.3) is 0 Å². The number of fused-ring (bicyclic) bond motifs is 1. The Bertz CT molecular complexity index is 1140. The summed E-state index contributed by atoms with van der Waals surface area (Å²) in [4.78, 5) is 26.9. The van der Waals surface area contributed by atoms with Crippen molar-refractivity contribution in [2.45, 2.75) is 18.9 Å². The number of halogens is 1. The third kappa shape index (κ3) is 4.85. The van der Waals surface area contributed by atoms with Crippen LogP contribution in [0.15, 0.2) is 66.7 Å². The number of anilines is 1.